The van der Waals surface area contributed by atoms with E-state index < -0.39 is 0 Å². The zero-order chi connectivity index (χ0) is 13.2. The lowest BCUT2D eigenvalue weighted by Crippen LogP contribution is -2.68. The smallest absolute Gasteiger partial charge is 0.253 e. The third-order valence-electron chi connectivity index (χ3n) is 3.23. The van der Waals surface area contributed by atoms with Crippen molar-refractivity contribution in [3.05, 3.63) is 48.2 Å². The second kappa shape index (κ2) is 5.09. The Hall–Kier alpha value is -1.75. The van der Waals surface area contributed by atoms with E-state index in [1.807, 2.05) is 42.6 Å². The van der Waals surface area contributed by atoms with Gasteiger partial charge in [0.25, 0.3) is 5.91 Å². The van der Waals surface area contributed by atoms with Crippen molar-refractivity contribution < 1.29 is 9.59 Å². The molecule has 98 valence electrons. The molecule has 1 aromatic rings. The Morgan fingerprint density at radius 2 is 2.16 bits per heavy atom. The lowest BCUT2D eigenvalue weighted by Gasteiger charge is -2.46. The van der Waals surface area contributed by atoms with Crippen LogP contribution >= 0.6 is 11.8 Å². The topological polar surface area (TPSA) is 49.4 Å². The van der Waals surface area contributed by atoms with Gasteiger partial charge in [0, 0.05) is 12.0 Å². The number of fused-ring (bicyclic) bond motifs is 1. The molecule has 4 nitrogen and oxygen atoms in total. The van der Waals surface area contributed by atoms with Crippen LogP contribution in [-0.4, -0.2) is 33.9 Å². The Morgan fingerprint density at radius 1 is 1.37 bits per heavy atom. The molecule has 3 rings (SSSR count). The molecule has 1 saturated heterocycles. The standard InChI is InChI=1S/C14H14N2O2S/c17-11(9-10-5-2-1-3-6-10)15-12-13(18)16-7-4-8-19-14(12)16/h1-7,12,14H,8-9H2,(H,15,17)/t12?,14-/m0/s1. The van der Waals surface area contributed by atoms with Crippen LogP contribution in [0.15, 0.2) is 42.6 Å². The van der Waals surface area contributed by atoms with E-state index in [1.165, 1.54) is 0 Å². The molecule has 2 aliphatic rings. The maximum absolute atomic E-state index is 11.9. The van der Waals surface area contributed by atoms with Gasteiger partial charge in [-0.2, -0.15) is 0 Å². The van der Waals surface area contributed by atoms with E-state index >= 15 is 0 Å². The normalized spacial score (nSPS) is 24.6. The van der Waals surface area contributed by atoms with Crippen molar-refractivity contribution in [1.82, 2.24) is 10.2 Å². The molecule has 0 bridgehead atoms. The monoisotopic (exact) mass is 274 g/mol. The molecule has 0 aromatic heterocycles. The number of hydrogen-bond acceptors (Lipinski definition) is 3. The fourth-order valence-electron chi connectivity index (χ4n) is 2.27. The van der Waals surface area contributed by atoms with Gasteiger partial charge in [-0.05, 0) is 5.56 Å². The molecule has 1 aromatic carbocycles. The Morgan fingerprint density at radius 3 is 2.95 bits per heavy atom. The first-order chi connectivity index (χ1) is 9.25. The summed E-state index contributed by atoms with van der Waals surface area (Å²) in [5, 5.41) is 2.90. The summed E-state index contributed by atoms with van der Waals surface area (Å²) in [6.45, 7) is 0. The highest BCUT2D eigenvalue weighted by molar-refractivity contribution is 8.00. The second-order valence-corrected chi connectivity index (χ2v) is 5.71. The molecule has 1 N–H and O–H groups in total. The van der Waals surface area contributed by atoms with Crippen LogP contribution < -0.4 is 5.32 Å². The van der Waals surface area contributed by atoms with E-state index in [4.69, 9.17) is 0 Å². The number of amides is 2. The number of carbonyl (C=O) groups is 2. The minimum absolute atomic E-state index is 0.0186. The van der Waals surface area contributed by atoms with Crippen LogP contribution in [-0.2, 0) is 16.0 Å². The minimum Gasteiger partial charge on any atom is -0.341 e. The molecular formula is C14H14N2O2S. The zero-order valence-corrected chi connectivity index (χ0v) is 11.1. The van der Waals surface area contributed by atoms with E-state index in [0.717, 1.165) is 11.3 Å². The number of nitrogens with zero attached hydrogens (tertiary/aromatic N) is 1. The number of thioether (sulfide) groups is 1. The average molecular weight is 274 g/mol. The van der Waals surface area contributed by atoms with Crippen LogP contribution in [0.5, 0.6) is 0 Å². The highest BCUT2D eigenvalue weighted by Gasteiger charge is 2.48. The van der Waals surface area contributed by atoms with Gasteiger partial charge in [0.05, 0.1) is 6.42 Å². The van der Waals surface area contributed by atoms with Crippen LogP contribution in [0.25, 0.3) is 0 Å². The van der Waals surface area contributed by atoms with E-state index in [1.54, 1.807) is 16.7 Å². The van der Waals surface area contributed by atoms with Gasteiger partial charge in [0.15, 0.2) is 0 Å². The number of nitrogens with one attached hydrogen (secondary N) is 1. The largest absolute Gasteiger partial charge is 0.341 e. The first-order valence-electron chi connectivity index (χ1n) is 6.19. The van der Waals surface area contributed by atoms with Crippen molar-refractivity contribution >= 4 is 23.6 Å². The molecule has 2 heterocycles. The Kier molecular flexibility index (Phi) is 3.29. The van der Waals surface area contributed by atoms with E-state index in [2.05, 4.69) is 5.32 Å². The highest BCUT2D eigenvalue weighted by Crippen LogP contribution is 2.33. The van der Waals surface area contributed by atoms with E-state index in [0.29, 0.717) is 6.42 Å². The lowest BCUT2D eigenvalue weighted by atomic mass is 10.1. The Labute approximate surface area is 115 Å². The van der Waals surface area contributed by atoms with Crippen LogP contribution in [0.3, 0.4) is 0 Å². The summed E-state index contributed by atoms with van der Waals surface area (Å²) < 4.78 is 0. The van der Waals surface area contributed by atoms with Crippen molar-refractivity contribution in [2.24, 2.45) is 0 Å². The van der Waals surface area contributed by atoms with E-state index in [9.17, 15) is 9.59 Å². The molecular weight excluding hydrogens is 260 g/mol. The quantitative estimate of drug-likeness (QED) is 0.841. The molecule has 1 fully saturated rings. The number of β-lactam (4-membered cyclic amide) rings is 1. The van der Waals surface area contributed by atoms with Crippen molar-refractivity contribution in [3.8, 4) is 0 Å². The SMILES string of the molecule is O=C(Cc1ccccc1)NC1C(=O)N2C=CCS[C@@H]12. The molecule has 2 amide bonds. The average Bonchev–Trinajstić information content (AvgIpc) is 2.45. The summed E-state index contributed by atoms with van der Waals surface area (Å²) in [4.78, 5) is 25.4. The summed E-state index contributed by atoms with van der Waals surface area (Å²) in [5.41, 5.74) is 0.958. The molecule has 2 aliphatic heterocycles. The predicted molar refractivity (Wildman–Crippen MR) is 74.3 cm³/mol. The Balaban J connectivity index is 1.59. The molecule has 0 spiro atoms. The molecule has 0 radical (unpaired) electrons. The maximum atomic E-state index is 11.9. The van der Waals surface area contributed by atoms with Crippen LogP contribution in [0.4, 0.5) is 0 Å². The Bertz CT molecular complexity index is 530. The molecule has 1 unspecified atom stereocenters. The first kappa shape index (κ1) is 12.3. The highest BCUT2D eigenvalue weighted by atomic mass is 32.2. The summed E-state index contributed by atoms with van der Waals surface area (Å²) in [6.07, 6.45) is 4.09. The second-order valence-electron chi connectivity index (χ2n) is 4.56. The molecule has 0 saturated carbocycles. The van der Waals surface area contributed by atoms with Gasteiger partial charge in [0.1, 0.15) is 11.4 Å². The lowest BCUT2D eigenvalue weighted by molar-refractivity contribution is -0.144. The fourth-order valence-corrected chi connectivity index (χ4v) is 3.38. The number of benzene rings is 1. The first-order valence-corrected chi connectivity index (χ1v) is 7.24. The van der Waals surface area contributed by atoms with Gasteiger partial charge in [-0.1, -0.05) is 36.4 Å². The van der Waals surface area contributed by atoms with E-state index in [-0.39, 0.29) is 23.2 Å². The van der Waals surface area contributed by atoms with Gasteiger partial charge in [-0.15, -0.1) is 11.8 Å². The maximum Gasteiger partial charge on any atom is 0.253 e. The van der Waals surface area contributed by atoms with Gasteiger partial charge in [0.2, 0.25) is 5.91 Å². The van der Waals surface area contributed by atoms with Crippen LogP contribution in [0, 0.1) is 0 Å². The van der Waals surface area contributed by atoms with Crippen molar-refractivity contribution in [1.29, 1.82) is 0 Å². The summed E-state index contributed by atoms with van der Waals surface area (Å²) in [7, 11) is 0. The van der Waals surface area contributed by atoms with Crippen molar-refractivity contribution in [2.45, 2.75) is 17.8 Å². The van der Waals surface area contributed by atoms with Gasteiger partial charge in [-0.25, -0.2) is 0 Å². The number of carbonyl (C=O) groups excluding carboxylic acids is 2. The molecule has 0 aliphatic carbocycles. The number of rotatable bonds is 3. The third-order valence-corrected chi connectivity index (χ3v) is 4.46. The van der Waals surface area contributed by atoms with Crippen molar-refractivity contribution in [2.75, 3.05) is 5.75 Å². The summed E-state index contributed by atoms with van der Waals surface area (Å²) >= 11 is 1.68. The predicted octanol–water partition coefficient (Wildman–Crippen LogP) is 1.14. The number of hydrogen-bond donors (Lipinski definition) is 1. The van der Waals surface area contributed by atoms with Gasteiger partial charge in [-0.3, -0.25) is 9.59 Å². The summed E-state index contributed by atoms with van der Waals surface area (Å²) in [6, 6.07) is 9.17. The molecule has 2 atom stereocenters. The van der Waals surface area contributed by atoms with Gasteiger partial charge >= 0.3 is 0 Å². The zero-order valence-electron chi connectivity index (χ0n) is 10.3. The fraction of sp³-hybridized carbons (Fsp3) is 0.286. The molecule has 19 heavy (non-hydrogen) atoms. The van der Waals surface area contributed by atoms with Crippen molar-refractivity contribution in [3.63, 3.8) is 0 Å². The summed E-state index contributed by atoms with van der Waals surface area (Å²) in [5.74, 6) is 0.772. The van der Waals surface area contributed by atoms with Crippen LogP contribution in [0.2, 0.25) is 0 Å². The van der Waals surface area contributed by atoms with Crippen LogP contribution in [0.1, 0.15) is 5.56 Å². The third kappa shape index (κ3) is 2.38. The molecule has 5 heteroatoms. The minimum atomic E-state index is -0.369. The van der Waals surface area contributed by atoms with Gasteiger partial charge < -0.3 is 10.2 Å².